The van der Waals surface area contributed by atoms with Crippen molar-refractivity contribution >= 4 is 29.1 Å². The number of unbranched alkanes of at least 4 members (excludes halogenated alkanes) is 1. The molecule has 0 aliphatic rings. The van der Waals surface area contributed by atoms with Crippen LogP contribution in [-0.2, 0) is 4.79 Å². The molecule has 0 aliphatic carbocycles. The quantitative estimate of drug-likeness (QED) is 0.339. The molecule has 0 fully saturated rings. The molecule has 0 bridgehead atoms. The number of carbonyl (C=O) groups excluding carboxylic acids is 2. The molecule has 0 unspecified atom stereocenters. The SMILES string of the molecule is CCCCOc1ccccc1C(=O)NC(=S)NNC(=O)COc1ccc(C)cc1C. The van der Waals surface area contributed by atoms with E-state index in [-0.39, 0.29) is 11.7 Å². The fourth-order valence-electron chi connectivity index (χ4n) is 2.58. The minimum atomic E-state index is -0.435. The van der Waals surface area contributed by atoms with Crippen LogP contribution in [0.2, 0.25) is 0 Å². The number of hydrogen-bond donors (Lipinski definition) is 3. The summed E-state index contributed by atoms with van der Waals surface area (Å²) >= 11 is 5.07. The lowest BCUT2D eigenvalue weighted by Gasteiger charge is -2.14. The lowest BCUT2D eigenvalue weighted by atomic mass is 10.1. The predicted octanol–water partition coefficient (Wildman–Crippen LogP) is 3.20. The average molecular weight is 430 g/mol. The summed E-state index contributed by atoms with van der Waals surface area (Å²) in [4.78, 5) is 24.4. The normalized spacial score (nSPS) is 10.1. The van der Waals surface area contributed by atoms with Crippen LogP contribution in [-0.4, -0.2) is 30.1 Å². The molecule has 0 heterocycles. The number of aryl methyl sites for hydroxylation is 2. The molecule has 3 N–H and O–H groups in total. The molecule has 0 spiro atoms. The van der Waals surface area contributed by atoms with Crippen molar-refractivity contribution in [2.75, 3.05) is 13.2 Å². The van der Waals surface area contributed by atoms with Crippen LogP contribution >= 0.6 is 12.2 Å². The van der Waals surface area contributed by atoms with Gasteiger partial charge in [0.05, 0.1) is 12.2 Å². The van der Waals surface area contributed by atoms with Gasteiger partial charge >= 0.3 is 0 Å². The standard InChI is InChI=1S/C22H27N3O4S/c1-4-5-12-28-19-9-7-6-8-17(19)21(27)23-22(30)25-24-20(26)14-29-18-11-10-15(2)13-16(18)3/h6-11,13H,4-5,12,14H2,1-3H3,(H,24,26)(H2,23,25,27,30). The molecule has 0 saturated carbocycles. The third-order valence-corrected chi connectivity index (χ3v) is 4.32. The van der Waals surface area contributed by atoms with Crippen molar-refractivity contribution in [1.82, 2.24) is 16.2 Å². The van der Waals surface area contributed by atoms with Gasteiger partial charge in [-0.1, -0.05) is 43.2 Å². The Labute approximate surface area is 182 Å². The highest BCUT2D eigenvalue weighted by atomic mass is 32.1. The van der Waals surface area contributed by atoms with E-state index in [2.05, 4.69) is 23.1 Å². The van der Waals surface area contributed by atoms with E-state index >= 15 is 0 Å². The van der Waals surface area contributed by atoms with Crippen LogP contribution in [0.3, 0.4) is 0 Å². The van der Waals surface area contributed by atoms with Crippen molar-refractivity contribution in [2.45, 2.75) is 33.6 Å². The first kappa shape index (κ1) is 23.2. The molecule has 0 aliphatic heterocycles. The zero-order valence-electron chi connectivity index (χ0n) is 17.4. The van der Waals surface area contributed by atoms with Crippen LogP contribution in [0, 0.1) is 13.8 Å². The Hall–Kier alpha value is -3.13. The Morgan fingerprint density at radius 1 is 1.00 bits per heavy atom. The largest absolute Gasteiger partial charge is 0.493 e. The molecule has 0 atom stereocenters. The maximum Gasteiger partial charge on any atom is 0.276 e. The second kappa shape index (κ2) is 11.8. The van der Waals surface area contributed by atoms with Gasteiger partial charge in [-0.3, -0.25) is 25.8 Å². The summed E-state index contributed by atoms with van der Waals surface area (Å²) in [5.74, 6) is 0.249. The van der Waals surface area contributed by atoms with E-state index in [9.17, 15) is 9.59 Å². The second-order valence-electron chi connectivity index (χ2n) is 6.71. The number of ether oxygens (including phenoxy) is 2. The van der Waals surface area contributed by atoms with Gasteiger partial charge in [0.25, 0.3) is 11.8 Å². The van der Waals surface area contributed by atoms with Gasteiger partial charge in [0.1, 0.15) is 11.5 Å². The van der Waals surface area contributed by atoms with Crippen molar-refractivity contribution in [2.24, 2.45) is 0 Å². The Bertz CT molecular complexity index is 902. The first-order valence-electron chi connectivity index (χ1n) is 9.72. The topological polar surface area (TPSA) is 88.7 Å². The zero-order valence-corrected chi connectivity index (χ0v) is 18.2. The molecule has 0 radical (unpaired) electrons. The number of rotatable bonds is 8. The molecule has 30 heavy (non-hydrogen) atoms. The second-order valence-corrected chi connectivity index (χ2v) is 7.12. The number of amides is 2. The highest BCUT2D eigenvalue weighted by Gasteiger charge is 2.14. The first-order valence-corrected chi connectivity index (χ1v) is 10.1. The Morgan fingerprint density at radius 2 is 1.77 bits per heavy atom. The minimum absolute atomic E-state index is 0.0387. The fourth-order valence-corrected chi connectivity index (χ4v) is 2.72. The number of benzene rings is 2. The van der Waals surface area contributed by atoms with Crippen LogP contribution in [0.4, 0.5) is 0 Å². The summed E-state index contributed by atoms with van der Waals surface area (Å²) < 4.78 is 11.2. The maximum atomic E-state index is 12.5. The monoisotopic (exact) mass is 429 g/mol. The van der Waals surface area contributed by atoms with Crippen molar-refractivity contribution in [3.63, 3.8) is 0 Å². The number of nitrogens with one attached hydrogen (secondary N) is 3. The minimum Gasteiger partial charge on any atom is -0.493 e. The summed E-state index contributed by atoms with van der Waals surface area (Å²) in [6.07, 6.45) is 1.89. The molecule has 2 amide bonds. The van der Waals surface area contributed by atoms with Crippen LogP contribution in [0.15, 0.2) is 42.5 Å². The number of carbonyl (C=O) groups is 2. The lowest BCUT2D eigenvalue weighted by molar-refractivity contribution is -0.123. The van der Waals surface area contributed by atoms with Crippen molar-refractivity contribution < 1.29 is 19.1 Å². The van der Waals surface area contributed by atoms with E-state index in [4.69, 9.17) is 21.7 Å². The van der Waals surface area contributed by atoms with Crippen molar-refractivity contribution in [3.05, 3.63) is 59.2 Å². The molecule has 8 heteroatoms. The van der Waals surface area contributed by atoms with Crippen molar-refractivity contribution in [1.29, 1.82) is 0 Å². The van der Waals surface area contributed by atoms with E-state index in [1.807, 2.05) is 32.0 Å². The molecule has 2 aromatic rings. The number of para-hydroxylation sites is 1. The molecular formula is C22H27N3O4S. The smallest absolute Gasteiger partial charge is 0.276 e. The third kappa shape index (κ3) is 7.36. The zero-order chi connectivity index (χ0) is 21.9. The highest BCUT2D eigenvalue weighted by molar-refractivity contribution is 7.80. The maximum absolute atomic E-state index is 12.5. The molecule has 0 saturated heterocycles. The first-order chi connectivity index (χ1) is 14.4. The van der Waals surface area contributed by atoms with E-state index in [0.29, 0.717) is 23.7 Å². The van der Waals surface area contributed by atoms with Gasteiger partial charge in [-0.05, 0) is 56.2 Å². The summed E-state index contributed by atoms with van der Waals surface area (Å²) in [6.45, 7) is 6.29. The molecule has 160 valence electrons. The van der Waals surface area contributed by atoms with Gasteiger partial charge in [0.2, 0.25) is 0 Å². The van der Waals surface area contributed by atoms with E-state index in [0.717, 1.165) is 24.0 Å². The van der Waals surface area contributed by atoms with Crippen LogP contribution in [0.1, 0.15) is 41.3 Å². The summed E-state index contributed by atoms with van der Waals surface area (Å²) in [6, 6.07) is 12.6. The van der Waals surface area contributed by atoms with Gasteiger partial charge in [-0.2, -0.15) is 0 Å². The van der Waals surface area contributed by atoms with Gasteiger partial charge < -0.3 is 9.47 Å². The fraction of sp³-hybridized carbons (Fsp3) is 0.318. The Balaban J connectivity index is 1.80. The van der Waals surface area contributed by atoms with Gasteiger partial charge in [0, 0.05) is 0 Å². The molecule has 2 rings (SSSR count). The Kier molecular flexibility index (Phi) is 9.08. The van der Waals surface area contributed by atoms with Gasteiger partial charge in [-0.25, -0.2) is 0 Å². The van der Waals surface area contributed by atoms with Gasteiger partial charge in [0.15, 0.2) is 11.7 Å². The summed E-state index contributed by atoms with van der Waals surface area (Å²) in [5.41, 5.74) is 7.31. The molecular weight excluding hydrogens is 402 g/mol. The molecule has 7 nitrogen and oxygen atoms in total. The highest BCUT2D eigenvalue weighted by Crippen LogP contribution is 2.19. The van der Waals surface area contributed by atoms with Crippen LogP contribution < -0.4 is 25.6 Å². The molecule has 0 aromatic heterocycles. The van der Waals surface area contributed by atoms with E-state index in [1.165, 1.54) is 0 Å². The predicted molar refractivity (Wildman–Crippen MR) is 120 cm³/mol. The number of hydrazine groups is 1. The average Bonchev–Trinajstić information content (AvgIpc) is 2.72. The van der Waals surface area contributed by atoms with Gasteiger partial charge in [-0.15, -0.1) is 0 Å². The van der Waals surface area contributed by atoms with Crippen LogP contribution in [0.5, 0.6) is 11.5 Å². The van der Waals surface area contributed by atoms with Crippen molar-refractivity contribution in [3.8, 4) is 11.5 Å². The van der Waals surface area contributed by atoms with Crippen LogP contribution in [0.25, 0.3) is 0 Å². The number of hydrogen-bond acceptors (Lipinski definition) is 5. The number of thiocarbonyl (C=S) groups is 1. The molecule has 2 aromatic carbocycles. The van der Waals surface area contributed by atoms with E-state index < -0.39 is 11.8 Å². The lowest BCUT2D eigenvalue weighted by Crippen LogP contribution is -2.49. The third-order valence-electron chi connectivity index (χ3n) is 4.12. The Morgan fingerprint density at radius 3 is 2.50 bits per heavy atom. The van der Waals surface area contributed by atoms with E-state index in [1.54, 1.807) is 24.3 Å². The summed E-state index contributed by atoms with van der Waals surface area (Å²) in [7, 11) is 0. The summed E-state index contributed by atoms with van der Waals surface area (Å²) in [5, 5.41) is 2.48.